The summed E-state index contributed by atoms with van der Waals surface area (Å²) in [6.07, 6.45) is 3.05. The molecule has 0 N–H and O–H groups in total. The molecule has 0 saturated carbocycles. The monoisotopic (exact) mass is 482 g/mol. The molecule has 2 aromatic carbocycles. The molecule has 2 rings (SSSR count). The highest BCUT2D eigenvalue weighted by molar-refractivity contribution is 6.99. The number of hydrogen-bond acceptors (Lipinski definition) is 2. The van der Waals surface area contributed by atoms with Gasteiger partial charge in [-0.2, -0.15) is 0 Å². The van der Waals surface area contributed by atoms with Crippen molar-refractivity contribution in [3.8, 4) is 0 Å². The minimum Gasteiger partial charge on any atom is -0.413 e. The van der Waals surface area contributed by atoms with Gasteiger partial charge in [-0.3, -0.25) is 0 Å². The smallest absolute Gasteiger partial charge is 0.261 e. The number of rotatable bonds is 13. The zero-order valence-corrected chi connectivity index (χ0v) is 24.1. The zero-order chi connectivity index (χ0) is 24.5. The van der Waals surface area contributed by atoms with E-state index in [1.165, 1.54) is 10.4 Å². The van der Waals surface area contributed by atoms with Crippen molar-refractivity contribution in [1.82, 2.24) is 0 Å². The van der Waals surface area contributed by atoms with Gasteiger partial charge < -0.3 is 8.85 Å². The predicted molar refractivity (Wildman–Crippen MR) is 150 cm³/mol. The lowest BCUT2D eigenvalue weighted by Gasteiger charge is -2.44. The fraction of sp³-hybridized carbons (Fsp3) is 0.517. The first-order chi connectivity index (χ1) is 15.7. The Morgan fingerprint density at radius 3 is 1.67 bits per heavy atom. The molecule has 4 heteroatoms. The average Bonchev–Trinajstić information content (AvgIpc) is 2.83. The van der Waals surface area contributed by atoms with E-state index in [4.69, 9.17) is 8.85 Å². The van der Waals surface area contributed by atoms with E-state index < -0.39 is 16.6 Å². The summed E-state index contributed by atoms with van der Waals surface area (Å²) in [6, 6.07) is 25.3. The van der Waals surface area contributed by atoms with Crippen LogP contribution in [0, 0.1) is 5.92 Å². The summed E-state index contributed by atoms with van der Waals surface area (Å²) in [6.45, 7) is 20.9. The minimum absolute atomic E-state index is 0.0149. The Kier molecular flexibility index (Phi) is 10.4. The summed E-state index contributed by atoms with van der Waals surface area (Å²) in [5, 5.41) is 2.65. The van der Waals surface area contributed by atoms with Crippen LogP contribution in [0.2, 0.25) is 23.2 Å². The molecule has 0 bridgehead atoms. The van der Waals surface area contributed by atoms with Gasteiger partial charge in [-0.15, -0.1) is 6.58 Å². The van der Waals surface area contributed by atoms with Gasteiger partial charge in [0.05, 0.1) is 6.10 Å². The van der Waals surface area contributed by atoms with Crippen LogP contribution in [0.1, 0.15) is 54.9 Å². The van der Waals surface area contributed by atoms with E-state index in [0.717, 1.165) is 24.6 Å². The van der Waals surface area contributed by atoms with Gasteiger partial charge in [0.2, 0.25) is 0 Å². The van der Waals surface area contributed by atoms with Crippen LogP contribution in [-0.2, 0) is 8.85 Å². The van der Waals surface area contributed by atoms with Crippen LogP contribution in [0.3, 0.4) is 0 Å². The molecule has 0 spiro atoms. The second-order valence-electron chi connectivity index (χ2n) is 10.4. The third-order valence-corrected chi connectivity index (χ3v) is 17.0. The van der Waals surface area contributed by atoms with Crippen LogP contribution in [0.4, 0.5) is 0 Å². The van der Waals surface area contributed by atoms with Crippen LogP contribution in [-0.4, -0.2) is 29.3 Å². The van der Waals surface area contributed by atoms with Gasteiger partial charge in [0, 0.05) is 12.5 Å². The lowest BCUT2D eigenvalue weighted by molar-refractivity contribution is 0.0941. The molecule has 0 saturated heterocycles. The lowest BCUT2D eigenvalue weighted by atomic mass is 10.0. The topological polar surface area (TPSA) is 18.5 Å². The van der Waals surface area contributed by atoms with E-state index in [-0.39, 0.29) is 11.1 Å². The van der Waals surface area contributed by atoms with Crippen molar-refractivity contribution in [3.63, 3.8) is 0 Å². The lowest BCUT2D eigenvalue weighted by Crippen LogP contribution is -2.67. The number of benzene rings is 2. The van der Waals surface area contributed by atoms with Gasteiger partial charge in [-0.1, -0.05) is 115 Å². The molecule has 0 amide bonds. The van der Waals surface area contributed by atoms with E-state index in [9.17, 15) is 0 Å². The third-order valence-electron chi connectivity index (χ3n) is 7.35. The van der Waals surface area contributed by atoms with Crippen molar-refractivity contribution >= 4 is 27.0 Å². The van der Waals surface area contributed by atoms with Crippen molar-refractivity contribution in [1.29, 1.82) is 0 Å². The third kappa shape index (κ3) is 6.36. The molecule has 0 radical (unpaired) electrons. The van der Waals surface area contributed by atoms with Crippen molar-refractivity contribution in [2.45, 2.75) is 84.2 Å². The Labute approximate surface area is 205 Å². The Bertz CT molecular complexity index is 778. The maximum atomic E-state index is 7.21. The van der Waals surface area contributed by atoms with Crippen molar-refractivity contribution < 1.29 is 8.85 Å². The first-order valence-electron chi connectivity index (χ1n) is 12.7. The van der Waals surface area contributed by atoms with Gasteiger partial charge in [-0.25, -0.2) is 0 Å². The largest absolute Gasteiger partial charge is 0.413 e. The molecule has 0 aliphatic carbocycles. The Hall–Kier alpha value is -1.47. The van der Waals surface area contributed by atoms with E-state index in [1.807, 2.05) is 6.08 Å². The molecule has 0 aliphatic rings. The average molecular weight is 483 g/mol. The van der Waals surface area contributed by atoms with Crippen molar-refractivity contribution in [3.05, 3.63) is 73.3 Å². The quantitative estimate of drug-likeness (QED) is 0.223. The van der Waals surface area contributed by atoms with E-state index in [2.05, 4.69) is 116 Å². The Morgan fingerprint density at radius 2 is 1.30 bits per heavy atom. The highest BCUT2D eigenvalue weighted by Crippen LogP contribution is 2.37. The van der Waals surface area contributed by atoms with E-state index in [1.54, 1.807) is 0 Å². The van der Waals surface area contributed by atoms with Crippen LogP contribution >= 0.6 is 0 Å². The molecule has 182 valence electrons. The van der Waals surface area contributed by atoms with Crippen LogP contribution < -0.4 is 10.4 Å². The van der Waals surface area contributed by atoms with Gasteiger partial charge in [-0.05, 0) is 40.0 Å². The molecule has 2 nitrogen and oxygen atoms in total. The molecular weight excluding hydrogens is 436 g/mol. The van der Waals surface area contributed by atoms with E-state index >= 15 is 0 Å². The summed E-state index contributed by atoms with van der Waals surface area (Å²) in [5.74, 6) is 0.293. The maximum Gasteiger partial charge on any atom is 0.261 e. The van der Waals surface area contributed by atoms with Crippen LogP contribution in [0.5, 0.6) is 0 Å². The summed E-state index contributed by atoms with van der Waals surface area (Å²) < 4.78 is 14.2. The Morgan fingerprint density at radius 1 is 0.848 bits per heavy atom. The van der Waals surface area contributed by atoms with Crippen LogP contribution in [0.15, 0.2) is 73.3 Å². The van der Waals surface area contributed by atoms with E-state index in [0.29, 0.717) is 12.5 Å². The molecule has 2 atom stereocenters. The summed E-state index contributed by atoms with van der Waals surface area (Å²) in [4.78, 5) is 0. The molecule has 0 fully saturated rings. The molecule has 0 aromatic heterocycles. The van der Waals surface area contributed by atoms with Gasteiger partial charge in [0.25, 0.3) is 8.32 Å². The fourth-order valence-corrected chi connectivity index (χ4v) is 12.6. The standard InChI is InChI=1S/C29H46O2Si2/c1-9-19-28(31-32(10-2,11-3)12-4)25(5)24-30-33(29(6,7)8,26-20-15-13-16-21-26)27-22-17-14-18-23-27/h9,13-18,20-23,25,28H,1,10-12,19,24H2,2-8H3/t25-,28+/m1/s1. The van der Waals surface area contributed by atoms with Crippen molar-refractivity contribution in [2.24, 2.45) is 5.92 Å². The summed E-state index contributed by atoms with van der Waals surface area (Å²) in [7, 11) is -4.25. The van der Waals surface area contributed by atoms with Gasteiger partial charge in [0.15, 0.2) is 8.32 Å². The summed E-state index contributed by atoms with van der Waals surface area (Å²) >= 11 is 0. The first kappa shape index (κ1) is 27.8. The summed E-state index contributed by atoms with van der Waals surface area (Å²) in [5.41, 5.74) is 0. The molecule has 0 heterocycles. The second-order valence-corrected chi connectivity index (χ2v) is 19.4. The highest BCUT2D eigenvalue weighted by Gasteiger charge is 2.50. The molecular formula is C29H46O2Si2. The molecule has 33 heavy (non-hydrogen) atoms. The SMILES string of the molecule is C=CC[C@H](O[Si](CC)(CC)CC)[C@H](C)CO[Si](c1ccccc1)(c1ccccc1)C(C)(C)C. The van der Waals surface area contributed by atoms with Gasteiger partial charge >= 0.3 is 0 Å². The second kappa shape index (κ2) is 12.3. The fourth-order valence-electron chi connectivity index (χ4n) is 5.01. The van der Waals surface area contributed by atoms with Crippen LogP contribution in [0.25, 0.3) is 0 Å². The molecule has 0 unspecified atom stereocenters. The molecule has 2 aromatic rings. The maximum absolute atomic E-state index is 7.21. The molecule has 0 aliphatic heterocycles. The normalized spacial score (nSPS) is 14.6. The number of hydrogen-bond donors (Lipinski definition) is 0. The van der Waals surface area contributed by atoms with Crippen molar-refractivity contribution in [2.75, 3.05) is 6.61 Å². The minimum atomic E-state index is -2.53. The highest BCUT2D eigenvalue weighted by atomic mass is 28.4. The first-order valence-corrected chi connectivity index (χ1v) is 17.2. The predicted octanol–water partition coefficient (Wildman–Crippen LogP) is 7.17. The van der Waals surface area contributed by atoms with Gasteiger partial charge in [0.1, 0.15) is 0 Å². The Balaban J connectivity index is 2.43. The zero-order valence-electron chi connectivity index (χ0n) is 22.1.